The molecule has 0 fully saturated rings. The molecule has 0 aliphatic carbocycles. The highest BCUT2D eigenvalue weighted by molar-refractivity contribution is 7.09. The van der Waals surface area contributed by atoms with Gasteiger partial charge in [-0.2, -0.15) is 0 Å². The van der Waals surface area contributed by atoms with Gasteiger partial charge in [0.2, 0.25) is 0 Å². The van der Waals surface area contributed by atoms with Gasteiger partial charge in [-0.25, -0.2) is 9.78 Å². The van der Waals surface area contributed by atoms with Crippen LogP contribution in [0.2, 0.25) is 0 Å². The number of carbonyl (C=O) groups is 1. The van der Waals surface area contributed by atoms with Crippen LogP contribution in [0.1, 0.15) is 27.2 Å². The minimum Gasteiger partial charge on any atom is -0.464 e. The SMILES string of the molecule is COC(=O)c1csc([C@@H](O)c2c[nH]c3ccccc23)n1. The van der Waals surface area contributed by atoms with Gasteiger partial charge in [0.15, 0.2) is 5.69 Å². The summed E-state index contributed by atoms with van der Waals surface area (Å²) in [4.78, 5) is 18.6. The molecule has 102 valence electrons. The number of nitrogens with one attached hydrogen (secondary N) is 1. The maximum atomic E-state index is 11.4. The standard InChI is InChI=1S/C14H12N2O3S/c1-19-14(18)11-7-20-13(16-11)12(17)9-6-15-10-5-3-2-4-8(9)10/h2-7,12,15,17H,1H3/t12-/m0/s1. The fourth-order valence-corrected chi connectivity index (χ4v) is 2.85. The molecule has 2 heterocycles. The molecule has 1 aromatic carbocycles. The average Bonchev–Trinajstić information content (AvgIpc) is 3.12. The summed E-state index contributed by atoms with van der Waals surface area (Å²) in [5, 5.41) is 13.4. The van der Waals surface area contributed by atoms with Gasteiger partial charge in [0.05, 0.1) is 7.11 Å². The van der Waals surface area contributed by atoms with Crippen molar-refractivity contribution in [2.45, 2.75) is 6.10 Å². The first-order valence-electron chi connectivity index (χ1n) is 5.98. The van der Waals surface area contributed by atoms with Crippen LogP contribution in [0.5, 0.6) is 0 Å². The van der Waals surface area contributed by atoms with Crippen LogP contribution in [0, 0.1) is 0 Å². The van der Waals surface area contributed by atoms with Gasteiger partial charge in [-0.3, -0.25) is 0 Å². The molecular formula is C14H12N2O3S. The minimum atomic E-state index is -0.866. The van der Waals surface area contributed by atoms with Crippen LogP contribution in [-0.4, -0.2) is 28.2 Å². The van der Waals surface area contributed by atoms with Gasteiger partial charge in [-0.15, -0.1) is 11.3 Å². The van der Waals surface area contributed by atoms with Gasteiger partial charge in [-0.1, -0.05) is 18.2 Å². The molecule has 0 saturated heterocycles. The van der Waals surface area contributed by atoms with Gasteiger partial charge in [0.1, 0.15) is 11.1 Å². The Morgan fingerprint density at radius 2 is 2.25 bits per heavy atom. The Bertz CT molecular complexity index is 762. The van der Waals surface area contributed by atoms with E-state index in [2.05, 4.69) is 14.7 Å². The number of para-hydroxylation sites is 1. The topological polar surface area (TPSA) is 75.2 Å². The zero-order valence-corrected chi connectivity index (χ0v) is 11.5. The Morgan fingerprint density at radius 3 is 3.05 bits per heavy atom. The van der Waals surface area contributed by atoms with Gasteiger partial charge in [0.25, 0.3) is 0 Å². The maximum Gasteiger partial charge on any atom is 0.357 e. The number of aliphatic hydroxyl groups is 1. The molecule has 0 bridgehead atoms. The van der Waals surface area contributed by atoms with E-state index < -0.39 is 12.1 Å². The lowest BCUT2D eigenvalue weighted by molar-refractivity contribution is 0.0594. The zero-order valence-electron chi connectivity index (χ0n) is 10.7. The van der Waals surface area contributed by atoms with Gasteiger partial charge in [0, 0.05) is 28.0 Å². The number of fused-ring (bicyclic) bond motifs is 1. The molecule has 6 heteroatoms. The van der Waals surface area contributed by atoms with E-state index in [-0.39, 0.29) is 5.69 Å². The monoisotopic (exact) mass is 288 g/mol. The van der Waals surface area contributed by atoms with Crippen molar-refractivity contribution in [2.24, 2.45) is 0 Å². The molecule has 0 aliphatic heterocycles. The summed E-state index contributed by atoms with van der Waals surface area (Å²) in [6.07, 6.45) is 0.892. The highest BCUT2D eigenvalue weighted by Crippen LogP contribution is 2.30. The van der Waals surface area contributed by atoms with Crippen LogP contribution >= 0.6 is 11.3 Å². The largest absolute Gasteiger partial charge is 0.464 e. The lowest BCUT2D eigenvalue weighted by atomic mass is 10.1. The first-order chi connectivity index (χ1) is 9.70. The smallest absolute Gasteiger partial charge is 0.357 e. The number of hydrogen-bond acceptors (Lipinski definition) is 5. The second-order valence-corrected chi connectivity index (χ2v) is 5.14. The summed E-state index contributed by atoms with van der Waals surface area (Å²) in [6.45, 7) is 0. The van der Waals surface area contributed by atoms with E-state index in [0.29, 0.717) is 5.01 Å². The number of hydrogen-bond donors (Lipinski definition) is 2. The molecule has 2 aromatic heterocycles. The van der Waals surface area contributed by atoms with Crippen LogP contribution < -0.4 is 0 Å². The summed E-state index contributed by atoms with van der Waals surface area (Å²) < 4.78 is 4.61. The molecule has 3 aromatic rings. The van der Waals surface area contributed by atoms with Crippen molar-refractivity contribution >= 4 is 28.2 Å². The Hall–Kier alpha value is -2.18. The fourth-order valence-electron chi connectivity index (χ4n) is 2.06. The molecule has 0 spiro atoms. The van der Waals surface area contributed by atoms with Crippen LogP contribution in [0.15, 0.2) is 35.8 Å². The number of H-pyrrole nitrogens is 1. The van der Waals surface area contributed by atoms with Gasteiger partial charge >= 0.3 is 5.97 Å². The van der Waals surface area contributed by atoms with E-state index in [0.717, 1.165) is 16.5 Å². The molecule has 0 aliphatic rings. The van der Waals surface area contributed by atoms with Gasteiger partial charge < -0.3 is 14.8 Å². The van der Waals surface area contributed by atoms with E-state index in [9.17, 15) is 9.90 Å². The molecule has 5 nitrogen and oxygen atoms in total. The lowest BCUT2D eigenvalue weighted by Gasteiger charge is -2.05. The van der Waals surface area contributed by atoms with Crippen molar-refractivity contribution in [1.29, 1.82) is 0 Å². The third-order valence-corrected chi connectivity index (χ3v) is 3.96. The molecule has 20 heavy (non-hydrogen) atoms. The maximum absolute atomic E-state index is 11.4. The van der Waals surface area contributed by atoms with Crippen LogP contribution in [0.4, 0.5) is 0 Å². The second-order valence-electron chi connectivity index (χ2n) is 4.25. The number of benzene rings is 1. The van der Waals surface area contributed by atoms with Crippen molar-refractivity contribution in [2.75, 3.05) is 7.11 Å². The van der Waals surface area contributed by atoms with Crippen LogP contribution in [0.25, 0.3) is 10.9 Å². The van der Waals surface area contributed by atoms with E-state index in [1.165, 1.54) is 18.4 Å². The van der Waals surface area contributed by atoms with Crippen LogP contribution in [-0.2, 0) is 4.74 Å². The summed E-state index contributed by atoms with van der Waals surface area (Å²) >= 11 is 1.23. The first-order valence-corrected chi connectivity index (χ1v) is 6.86. The number of carbonyl (C=O) groups excluding carboxylic acids is 1. The third kappa shape index (κ3) is 2.09. The molecular weight excluding hydrogens is 276 g/mol. The van der Waals surface area contributed by atoms with Gasteiger partial charge in [-0.05, 0) is 6.07 Å². The van der Waals surface area contributed by atoms with E-state index >= 15 is 0 Å². The van der Waals surface area contributed by atoms with Crippen molar-refractivity contribution in [3.63, 3.8) is 0 Å². The van der Waals surface area contributed by atoms with E-state index in [1.807, 2.05) is 24.3 Å². The molecule has 2 N–H and O–H groups in total. The molecule has 0 amide bonds. The quantitative estimate of drug-likeness (QED) is 0.726. The normalized spacial score (nSPS) is 12.5. The second kappa shape index (κ2) is 5.07. The summed E-state index contributed by atoms with van der Waals surface area (Å²) in [7, 11) is 1.30. The first kappa shape index (κ1) is 12.8. The van der Waals surface area contributed by atoms with Crippen LogP contribution in [0.3, 0.4) is 0 Å². The molecule has 0 radical (unpaired) electrons. The number of aromatic amines is 1. The molecule has 1 atom stereocenters. The Kier molecular flexibility index (Phi) is 3.25. The summed E-state index contributed by atoms with van der Waals surface area (Å²) in [6, 6.07) is 7.70. The zero-order chi connectivity index (χ0) is 14.1. The number of nitrogens with zero attached hydrogens (tertiary/aromatic N) is 1. The molecule has 3 rings (SSSR count). The number of rotatable bonds is 3. The minimum absolute atomic E-state index is 0.214. The summed E-state index contributed by atoms with van der Waals surface area (Å²) in [5.41, 5.74) is 1.91. The Morgan fingerprint density at radius 1 is 1.45 bits per heavy atom. The number of esters is 1. The number of aromatic nitrogens is 2. The van der Waals surface area contributed by atoms with Crippen molar-refractivity contribution in [3.8, 4) is 0 Å². The highest BCUT2D eigenvalue weighted by Gasteiger charge is 2.20. The number of ether oxygens (including phenoxy) is 1. The number of methoxy groups -OCH3 is 1. The van der Waals surface area contributed by atoms with E-state index in [1.54, 1.807) is 11.6 Å². The van der Waals surface area contributed by atoms with E-state index in [4.69, 9.17) is 0 Å². The third-order valence-electron chi connectivity index (χ3n) is 3.07. The molecule has 0 unspecified atom stereocenters. The summed E-state index contributed by atoms with van der Waals surface area (Å²) in [5.74, 6) is -0.501. The lowest BCUT2D eigenvalue weighted by Crippen LogP contribution is -2.03. The Balaban J connectivity index is 1.98. The predicted molar refractivity (Wildman–Crippen MR) is 75.8 cm³/mol. The average molecular weight is 288 g/mol. The van der Waals surface area contributed by atoms with Crippen molar-refractivity contribution in [3.05, 3.63) is 52.1 Å². The highest BCUT2D eigenvalue weighted by atomic mass is 32.1. The predicted octanol–water partition coefficient (Wildman–Crippen LogP) is 2.49. The van der Waals surface area contributed by atoms with Crippen molar-refractivity contribution in [1.82, 2.24) is 9.97 Å². The number of thiazole rings is 1. The Labute approximate surface area is 118 Å². The molecule has 0 saturated carbocycles. The number of aliphatic hydroxyl groups excluding tert-OH is 1. The fraction of sp³-hybridized carbons (Fsp3) is 0.143. The van der Waals surface area contributed by atoms with Crippen molar-refractivity contribution < 1.29 is 14.6 Å².